The van der Waals surface area contributed by atoms with E-state index in [1.54, 1.807) is 19.3 Å². The van der Waals surface area contributed by atoms with Crippen LogP contribution < -0.4 is 10.2 Å². The molecule has 7 nitrogen and oxygen atoms in total. The minimum atomic E-state index is -1.22. The van der Waals surface area contributed by atoms with E-state index in [1.807, 2.05) is 34.6 Å². The number of carbonyl (C=O) groups is 1. The highest BCUT2D eigenvalue weighted by Crippen LogP contribution is 2.43. The summed E-state index contributed by atoms with van der Waals surface area (Å²) in [5.74, 6) is -0.987. The van der Waals surface area contributed by atoms with Gasteiger partial charge in [0.05, 0.1) is 11.3 Å². The maximum atomic E-state index is 15.1. The third-order valence-electron chi connectivity index (χ3n) is 6.51. The lowest BCUT2D eigenvalue weighted by Crippen LogP contribution is -2.39. The molecule has 1 atom stereocenters. The van der Waals surface area contributed by atoms with E-state index in [0.29, 0.717) is 34.8 Å². The number of anilines is 2. The van der Waals surface area contributed by atoms with Gasteiger partial charge in [0.1, 0.15) is 0 Å². The molecule has 0 saturated carbocycles. The predicted molar refractivity (Wildman–Crippen MR) is 142 cm³/mol. The van der Waals surface area contributed by atoms with Gasteiger partial charge in [-0.15, -0.1) is 0 Å². The van der Waals surface area contributed by atoms with E-state index in [2.05, 4.69) is 34.0 Å². The first-order valence-electron chi connectivity index (χ1n) is 12.7. The summed E-state index contributed by atoms with van der Waals surface area (Å²) in [6, 6.07) is 1.45. The summed E-state index contributed by atoms with van der Waals surface area (Å²) >= 11 is 0. The van der Waals surface area contributed by atoms with Crippen LogP contribution in [0.25, 0.3) is 11.1 Å². The van der Waals surface area contributed by atoms with Gasteiger partial charge in [-0.05, 0) is 57.9 Å². The summed E-state index contributed by atoms with van der Waals surface area (Å²) < 4.78 is 21.1. The Morgan fingerprint density at radius 1 is 1.22 bits per heavy atom. The van der Waals surface area contributed by atoms with Crippen LogP contribution in [0, 0.1) is 24.1 Å². The molecule has 0 radical (unpaired) electrons. The van der Waals surface area contributed by atoms with Crippen LogP contribution in [0.15, 0.2) is 18.5 Å². The fraction of sp³-hybridized carbons (Fsp3) is 0.607. The average molecular weight is 501 g/mol. The maximum absolute atomic E-state index is 15.1. The smallest absolute Gasteiger partial charge is 0.337 e. The lowest BCUT2D eigenvalue weighted by atomic mass is 9.82. The van der Waals surface area contributed by atoms with Crippen LogP contribution in [0.5, 0.6) is 0 Å². The van der Waals surface area contributed by atoms with Crippen LogP contribution >= 0.6 is 0 Å². The molecule has 36 heavy (non-hydrogen) atoms. The van der Waals surface area contributed by atoms with E-state index in [0.717, 1.165) is 31.6 Å². The summed E-state index contributed by atoms with van der Waals surface area (Å²) in [7, 11) is 0. The molecule has 8 heteroatoms. The average Bonchev–Trinajstić information content (AvgIpc) is 2.76. The zero-order chi connectivity index (χ0) is 26.8. The number of ether oxygens (including phenoxy) is 1. The summed E-state index contributed by atoms with van der Waals surface area (Å²) in [6.07, 6.45) is 4.01. The van der Waals surface area contributed by atoms with E-state index in [-0.39, 0.29) is 11.2 Å². The van der Waals surface area contributed by atoms with Crippen molar-refractivity contribution in [3.05, 3.63) is 35.5 Å². The second-order valence-corrected chi connectivity index (χ2v) is 11.9. The number of piperidine rings is 1. The summed E-state index contributed by atoms with van der Waals surface area (Å²) in [5, 5.41) is 13.3. The van der Waals surface area contributed by atoms with Gasteiger partial charge in [0.25, 0.3) is 0 Å². The molecule has 0 bridgehead atoms. The van der Waals surface area contributed by atoms with Crippen LogP contribution in [0.4, 0.5) is 15.9 Å². The second kappa shape index (κ2) is 10.7. The number of hydrogen-bond acceptors (Lipinski definition) is 6. The normalized spacial score (nSPS) is 16.8. The molecule has 0 unspecified atom stereocenters. The van der Waals surface area contributed by atoms with Gasteiger partial charge in [0.2, 0.25) is 0 Å². The fourth-order valence-corrected chi connectivity index (χ4v) is 4.41. The Labute approximate surface area is 214 Å². The molecule has 0 amide bonds. The second-order valence-electron chi connectivity index (χ2n) is 11.9. The molecule has 1 fully saturated rings. The molecular weight excluding hydrogens is 459 g/mol. The number of carboxylic acid groups (broad SMARTS) is 1. The molecule has 1 saturated heterocycles. The first kappa shape index (κ1) is 27.8. The third-order valence-corrected chi connectivity index (χ3v) is 6.51. The molecule has 2 N–H and O–H groups in total. The molecule has 0 aliphatic carbocycles. The first-order valence-corrected chi connectivity index (χ1v) is 12.7. The van der Waals surface area contributed by atoms with Gasteiger partial charge in [-0.2, -0.15) is 0 Å². The molecule has 3 rings (SSSR count). The number of hydrogen-bond donors (Lipinski definition) is 2. The highest BCUT2D eigenvalue weighted by molar-refractivity contribution is 5.86. The van der Waals surface area contributed by atoms with Crippen LogP contribution in [0.3, 0.4) is 0 Å². The molecule has 0 spiro atoms. The molecule has 1 aliphatic rings. The number of halogens is 1. The summed E-state index contributed by atoms with van der Waals surface area (Å²) in [6.45, 7) is 18.0. The Morgan fingerprint density at radius 2 is 1.86 bits per heavy atom. The van der Waals surface area contributed by atoms with Crippen molar-refractivity contribution in [2.24, 2.45) is 11.3 Å². The fourth-order valence-electron chi connectivity index (χ4n) is 4.41. The van der Waals surface area contributed by atoms with Crippen molar-refractivity contribution >= 4 is 17.5 Å². The zero-order valence-corrected chi connectivity index (χ0v) is 22.9. The number of nitrogens with one attached hydrogen (secondary N) is 1. The number of nitrogens with zero attached hydrogens (tertiary/aromatic N) is 3. The number of aromatic nitrogens is 2. The molecule has 2 aromatic rings. The first-order chi connectivity index (χ1) is 16.7. The standard InChI is InChI=1S/C28H41FN4O3/c1-17(2)14-31-25-21(29)13-19(15-32-25)20-16-30-18(3)22(24(26(34)35)36-27(4,5)6)23(20)33-11-9-28(7,8)10-12-33/h13,15-17,24H,9-12,14H2,1-8H3,(H,31,32)(H,34,35)/t24-/m0/s1. The quantitative estimate of drug-likeness (QED) is 0.444. The molecule has 1 aliphatic heterocycles. The van der Waals surface area contributed by atoms with E-state index in [4.69, 9.17) is 4.74 Å². The number of rotatable bonds is 8. The van der Waals surface area contributed by atoms with E-state index >= 15 is 4.39 Å². The third kappa shape index (κ3) is 6.72. The molecular formula is C28H41FN4O3. The predicted octanol–water partition coefficient (Wildman–Crippen LogP) is 6.23. The Morgan fingerprint density at radius 3 is 2.39 bits per heavy atom. The van der Waals surface area contributed by atoms with Gasteiger partial charge in [0.15, 0.2) is 17.7 Å². The topological polar surface area (TPSA) is 87.6 Å². The van der Waals surface area contributed by atoms with Crippen LogP contribution in [-0.4, -0.2) is 46.3 Å². The van der Waals surface area contributed by atoms with Crippen LogP contribution in [-0.2, 0) is 9.53 Å². The van der Waals surface area contributed by atoms with Crippen molar-refractivity contribution in [2.75, 3.05) is 29.9 Å². The largest absolute Gasteiger partial charge is 0.479 e. The van der Waals surface area contributed by atoms with Crippen molar-refractivity contribution in [2.45, 2.75) is 79.9 Å². The van der Waals surface area contributed by atoms with Crippen molar-refractivity contribution in [1.29, 1.82) is 0 Å². The number of carboxylic acids is 1. The van der Waals surface area contributed by atoms with Gasteiger partial charge in [-0.1, -0.05) is 27.7 Å². The van der Waals surface area contributed by atoms with Crippen molar-refractivity contribution in [3.8, 4) is 11.1 Å². The van der Waals surface area contributed by atoms with E-state index < -0.39 is 23.5 Å². The van der Waals surface area contributed by atoms with E-state index in [1.165, 1.54) is 6.07 Å². The van der Waals surface area contributed by atoms with Crippen molar-refractivity contribution in [3.63, 3.8) is 0 Å². The van der Waals surface area contributed by atoms with Crippen LogP contribution in [0.1, 0.15) is 78.7 Å². The van der Waals surface area contributed by atoms with Gasteiger partial charge in [0, 0.05) is 54.4 Å². The molecule has 198 valence electrons. The minimum absolute atomic E-state index is 0.199. The van der Waals surface area contributed by atoms with Crippen LogP contribution in [0.2, 0.25) is 0 Å². The maximum Gasteiger partial charge on any atom is 0.337 e. The van der Waals surface area contributed by atoms with E-state index in [9.17, 15) is 9.90 Å². The highest BCUT2D eigenvalue weighted by Gasteiger charge is 2.36. The molecule has 2 aromatic heterocycles. The molecule has 3 heterocycles. The Bertz CT molecular complexity index is 1080. The summed E-state index contributed by atoms with van der Waals surface area (Å²) in [4.78, 5) is 23.6. The molecule has 0 aromatic carbocycles. The Kier molecular flexibility index (Phi) is 8.28. The lowest BCUT2D eigenvalue weighted by molar-refractivity contribution is -0.160. The minimum Gasteiger partial charge on any atom is -0.479 e. The highest BCUT2D eigenvalue weighted by atomic mass is 19.1. The number of pyridine rings is 2. The van der Waals surface area contributed by atoms with Gasteiger partial charge >= 0.3 is 5.97 Å². The number of aryl methyl sites for hydroxylation is 1. The zero-order valence-electron chi connectivity index (χ0n) is 22.9. The lowest BCUT2D eigenvalue weighted by Gasteiger charge is -2.40. The van der Waals surface area contributed by atoms with Gasteiger partial charge in [-0.25, -0.2) is 14.2 Å². The number of aliphatic carboxylic acids is 1. The Balaban J connectivity index is 2.18. The Hall–Kier alpha value is -2.74. The monoisotopic (exact) mass is 500 g/mol. The van der Waals surface area contributed by atoms with Gasteiger partial charge in [-0.3, -0.25) is 4.98 Å². The summed E-state index contributed by atoms with van der Waals surface area (Å²) in [5.41, 5.74) is 2.54. The van der Waals surface area contributed by atoms with Crippen molar-refractivity contribution < 1.29 is 19.0 Å². The SMILES string of the molecule is Cc1ncc(-c2cnc(NCC(C)C)c(F)c2)c(N2CCC(C)(C)CC2)c1[C@H](OC(C)(C)C)C(=O)O. The van der Waals surface area contributed by atoms with Gasteiger partial charge < -0.3 is 20.1 Å². The van der Waals surface area contributed by atoms with Crippen molar-refractivity contribution in [1.82, 2.24) is 9.97 Å².